The minimum Gasteiger partial charge on any atom is -0.351 e. The molecule has 2 atom stereocenters. The molecule has 0 spiro atoms. The van der Waals surface area contributed by atoms with Crippen molar-refractivity contribution in [2.75, 3.05) is 4.90 Å². The molecule has 0 amide bonds. The maximum atomic E-state index is 14.1. The number of hydrogen-bond donors (Lipinski definition) is 1. The first-order valence-corrected chi connectivity index (χ1v) is 11.2. The van der Waals surface area contributed by atoms with Crippen LogP contribution in [0.1, 0.15) is 40.3 Å². The molecule has 4 heterocycles. The molecule has 1 saturated heterocycles. The Bertz CT molecular complexity index is 1320. The number of nitrogens with zero attached hydrogens (tertiary/aromatic N) is 4. The zero-order valence-electron chi connectivity index (χ0n) is 18.7. The van der Waals surface area contributed by atoms with Crippen LogP contribution in [0.25, 0.3) is 5.82 Å². The molecular weight excluding hydrogens is 433 g/mol. The summed E-state index contributed by atoms with van der Waals surface area (Å²) >= 11 is 5.80. The predicted octanol–water partition coefficient (Wildman–Crippen LogP) is 5.51. The lowest BCUT2D eigenvalue weighted by Gasteiger charge is -2.28. The second-order valence-electron chi connectivity index (χ2n) is 8.28. The zero-order valence-corrected chi connectivity index (χ0v) is 19.5. The van der Waals surface area contributed by atoms with Gasteiger partial charge in [0, 0.05) is 29.5 Å². The zero-order chi connectivity index (χ0) is 23.1. The molecule has 4 aromatic rings. The summed E-state index contributed by atoms with van der Waals surface area (Å²) in [5, 5.41) is 4.06. The fraction of sp³-hybridized carbons (Fsp3) is 0.192. The van der Waals surface area contributed by atoms with Crippen molar-refractivity contribution < 1.29 is 4.39 Å². The first-order valence-electron chi connectivity index (χ1n) is 10.8. The van der Waals surface area contributed by atoms with Crippen LogP contribution in [0.15, 0.2) is 73.1 Å². The number of nitrogens with one attached hydrogen (secondary N) is 1. The minimum atomic E-state index is -0.233. The van der Waals surface area contributed by atoms with E-state index < -0.39 is 0 Å². The van der Waals surface area contributed by atoms with Gasteiger partial charge < -0.3 is 14.8 Å². The highest BCUT2D eigenvalue weighted by atomic mass is 32.1. The summed E-state index contributed by atoms with van der Waals surface area (Å²) in [7, 11) is 0. The number of pyridine rings is 2. The smallest absolute Gasteiger partial charge is 0.174 e. The second-order valence-corrected chi connectivity index (χ2v) is 8.67. The van der Waals surface area contributed by atoms with Gasteiger partial charge in [0.1, 0.15) is 11.6 Å². The summed E-state index contributed by atoms with van der Waals surface area (Å²) in [5.74, 6) is 0.633. The van der Waals surface area contributed by atoms with Gasteiger partial charge in [-0.2, -0.15) is 0 Å². The molecule has 1 aliphatic heterocycles. The lowest BCUT2D eigenvalue weighted by atomic mass is 9.96. The van der Waals surface area contributed by atoms with E-state index in [0.29, 0.717) is 10.7 Å². The van der Waals surface area contributed by atoms with Crippen LogP contribution in [0.4, 0.5) is 10.1 Å². The molecule has 0 aliphatic carbocycles. The van der Waals surface area contributed by atoms with E-state index in [2.05, 4.69) is 44.7 Å². The quantitative estimate of drug-likeness (QED) is 0.410. The molecule has 166 valence electrons. The predicted molar refractivity (Wildman–Crippen MR) is 132 cm³/mol. The van der Waals surface area contributed by atoms with E-state index in [9.17, 15) is 4.39 Å². The standard InChI is InChI=1S/C26H24FN5S/c1-16-14-19(10-11-21(16)27)32-25(24(30-26(32)33)22-8-4-6-12-28-22)20-15-17(2)31(18(20)3)23-9-5-7-13-29-23/h4-15,24-25H,1-3H3,(H,30,33)/t24-,25+/m0/s1. The Morgan fingerprint density at radius 2 is 1.70 bits per heavy atom. The number of benzene rings is 1. The van der Waals surface area contributed by atoms with E-state index in [4.69, 9.17) is 12.2 Å². The molecule has 1 N–H and O–H groups in total. The third-order valence-corrected chi connectivity index (χ3v) is 6.50. The summed E-state index contributed by atoms with van der Waals surface area (Å²) in [6.07, 6.45) is 3.59. The van der Waals surface area contributed by atoms with Crippen molar-refractivity contribution >= 4 is 23.0 Å². The van der Waals surface area contributed by atoms with Crippen LogP contribution in [0, 0.1) is 26.6 Å². The van der Waals surface area contributed by atoms with Crippen molar-refractivity contribution in [2.24, 2.45) is 0 Å². The highest BCUT2D eigenvalue weighted by molar-refractivity contribution is 7.80. The third kappa shape index (κ3) is 3.68. The lowest BCUT2D eigenvalue weighted by Crippen LogP contribution is -2.29. The fourth-order valence-corrected chi connectivity index (χ4v) is 5.00. The summed E-state index contributed by atoms with van der Waals surface area (Å²) in [6.45, 7) is 5.94. The summed E-state index contributed by atoms with van der Waals surface area (Å²) in [5.41, 5.74) is 5.59. The van der Waals surface area contributed by atoms with Gasteiger partial charge in [0.25, 0.3) is 0 Å². The van der Waals surface area contributed by atoms with Crippen LogP contribution in [0.3, 0.4) is 0 Å². The monoisotopic (exact) mass is 457 g/mol. The number of anilines is 1. The van der Waals surface area contributed by atoms with Crippen molar-refractivity contribution in [1.29, 1.82) is 0 Å². The van der Waals surface area contributed by atoms with Crippen molar-refractivity contribution in [3.63, 3.8) is 0 Å². The summed E-state index contributed by atoms with van der Waals surface area (Å²) in [6, 6.07) is 18.7. The van der Waals surface area contributed by atoms with Crippen LogP contribution in [0.5, 0.6) is 0 Å². The Balaban J connectivity index is 1.69. The van der Waals surface area contributed by atoms with Gasteiger partial charge in [0.15, 0.2) is 5.11 Å². The SMILES string of the molecule is Cc1cc(N2C(=S)N[C@@H](c3ccccn3)[C@H]2c2cc(C)n(-c3ccccn3)c2C)ccc1F. The maximum absolute atomic E-state index is 14.1. The number of halogens is 1. The number of rotatable bonds is 4. The van der Waals surface area contributed by atoms with Gasteiger partial charge in [0.2, 0.25) is 0 Å². The second kappa shape index (κ2) is 8.41. The van der Waals surface area contributed by atoms with Crippen LogP contribution in [0.2, 0.25) is 0 Å². The first kappa shape index (κ1) is 21.3. The topological polar surface area (TPSA) is 46.0 Å². The number of aryl methyl sites for hydroxylation is 2. The van der Waals surface area contributed by atoms with Crippen LogP contribution in [-0.4, -0.2) is 19.6 Å². The highest BCUT2D eigenvalue weighted by Gasteiger charge is 2.42. The molecule has 0 saturated carbocycles. The molecule has 5 rings (SSSR count). The Morgan fingerprint density at radius 1 is 0.939 bits per heavy atom. The molecule has 0 unspecified atom stereocenters. The van der Waals surface area contributed by atoms with Crippen LogP contribution in [-0.2, 0) is 0 Å². The molecule has 1 aliphatic rings. The molecule has 3 aromatic heterocycles. The van der Waals surface area contributed by atoms with Crippen molar-refractivity contribution in [3.8, 4) is 5.82 Å². The van der Waals surface area contributed by atoms with Crippen molar-refractivity contribution in [3.05, 3.63) is 107 Å². The molecular formula is C26H24FN5S. The molecule has 7 heteroatoms. The molecule has 1 aromatic carbocycles. The van der Waals surface area contributed by atoms with Gasteiger partial charge in [-0.3, -0.25) is 4.98 Å². The van der Waals surface area contributed by atoms with E-state index in [0.717, 1.165) is 34.2 Å². The largest absolute Gasteiger partial charge is 0.351 e. The van der Waals surface area contributed by atoms with E-state index in [1.54, 1.807) is 25.4 Å². The number of thiocarbonyl (C=S) groups is 1. The molecule has 33 heavy (non-hydrogen) atoms. The first-order chi connectivity index (χ1) is 16.0. The summed E-state index contributed by atoms with van der Waals surface area (Å²) < 4.78 is 16.2. The Hall–Kier alpha value is -3.58. The van der Waals surface area contributed by atoms with Crippen LogP contribution >= 0.6 is 12.2 Å². The molecule has 0 radical (unpaired) electrons. The summed E-state index contributed by atoms with van der Waals surface area (Å²) in [4.78, 5) is 11.3. The Labute approximate surface area is 197 Å². The van der Waals surface area contributed by atoms with E-state index >= 15 is 0 Å². The number of aromatic nitrogens is 3. The van der Waals surface area contributed by atoms with Gasteiger partial charge in [-0.05, 0) is 92.6 Å². The maximum Gasteiger partial charge on any atom is 0.174 e. The van der Waals surface area contributed by atoms with Gasteiger partial charge >= 0.3 is 0 Å². The van der Waals surface area contributed by atoms with Crippen LogP contribution < -0.4 is 10.2 Å². The number of hydrogen-bond acceptors (Lipinski definition) is 3. The molecule has 5 nitrogen and oxygen atoms in total. The third-order valence-electron chi connectivity index (χ3n) is 6.19. The van der Waals surface area contributed by atoms with Gasteiger partial charge in [-0.15, -0.1) is 0 Å². The van der Waals surface area contributed by atoms with E-state index in [-0.39, 0.29) is 17.9 Å². The van der Waals surface area contributed by atoms with Gasteiger partial charge in [-0.1, -0.05) is 12.1 Å². The lowest BCUT2D eigenvalue weighted by molar-refractivity contribution is 0.564. The average molecular weight is 458 g/mol. The highest BCUT2D eigenvalue weighted by Crippen LogP contribution is 2.43. The normalized spacial score (nSPS) is 17.9. The minimum absolute atomic E-state index is 0.165. The van der Waals surface area contributed by atoms with Gasteiger partial charge in [0.05, 0.1) is 17.8 Å². The average Bonchev–Trinajstić information content (AvgIpc) is 3.32. The van der Waals surface area contributed by atoms with Crippen molar-refractivity contribution in [1.82, 2.24) is 19.9 Å². The van der Waals surface area contributed by atoms with Crippen molar-refractivity contribution in [2.45, 2.75) is 32.9 Å². The van der Waals surface area contributed by atoms with E-state index in [1.165, 1.54) is 6.07 Å². The molecule has 1 fully saturated rings. The van der Waals surface area contributed by atoms with Gasteiger partial charge in [-0.25, -0.2) is 9.37 Å². The fourth-order valence-electron chi connectivity index (χ4n) is 4.65. The van der Waals surface area contributed by atoms with E-state index in [1.807, 2.05) is 42.5 Å². The molecule has 0 bridgehead atoms. The Kier molecular flexibility index (Phi) is 5.42. The Morgan fingerprint density at radius 3 is 2.36 bits per heavy atom.